The summed E-state index contributed by atoms with van der Waals surface area (Å²) >= 11 is 0. The third-order valence-corrected chi connectivity index (χ3v) is 9.58. The lowest BCUT2D eigenvalue weighted by molar-refractivity contribution is -0.139. The summed E-state index contributed by atoms with van der Waals surface area (Å²) in [6.07, 6.45) is -0.472. The van der Waals surface area contributed by atoms with Gasteiger partial charge in [0.2, 0.25) is 10.0 Å². The molecule has 0 bridgehead atoms. The Labute approximate surface area is 284 Å². The summed E-state index contributed by atoms with van der Waals surface area (Å²) in [6.45, 7) is 3.62. The van der Waals surface area contributed by atoms with E-state index in [0.29, 0.717) is 33.5 Å². The first-order chi connectivity index (χ1) is 23.1. The molecule has 0 aliphatic heterocycles. The first-order valence-corrected chi connectivity index (χ1v) is 16.9. The molecule has 10 nitrogen and oxygen atoms in total. The molecule has 260 valence electrons. The van der Waals surface area contributed by atoms with Crippen molar-refractivity contribution in [2.24, 2.45) is 0 Å². The second-order valence-corrected chi connectivity index (χ2v) is 14.1. The lowest BCUT2D eigenvalue weighted by atomic mass is 9.94. The summed E-state index contributed by atoms with van der Waals surface area (Å²) in [5.41, 5.74) is 2.95. The minimum atomic E-state index is -3.73. The monoisotopic (exact) mass is 695 g/mol. The van der Waals surface area contributed by atoms with Crippen LogP contribution in [0.2, 0.25) is 0 Å². The maximum Gasteiger partial charge on any atom is 0.305 e. The lowest BCUT2D eigenvalue weighted by Crippen LogP contribution is -2.27. The van der Waals surface area contributed by atoms with E-state index in [-0.39, 0.29) is 29.6 Å². The van der Waals surface area contributed by atoms with Crippen LogP contribution in [0.5, 0.6) is 0 Å². The van der Waals surface area contributed by atoms with Crippen LogP contribution in [0.25, 0.3) is 28.3 Å². The topological polar surface area (TPSA) is 149 Å². The average molecular weight is 696 g/mol. The Morgan fingerprint density at radius 1 is 0.918 bits per heavy atom. The normalized spacial score (nSPS) is 13.3. The van der Waals surface area contributed by atoms with Crippen LogP contribution in [0, 0.1) is 11.6 Å². The fourth-order valence-electron chi connectivity index (χ4n) is 5.47. The summed E-state index contributed by atoms with van der Waals surface area (Å²) in [5, 5.41) is 32.7. The van der Waals surface area contributed by atoms with Gasteiger partial charge in [0.1, 0.15) is 17.3 Å². The molecule has 1 aromatic heterocycles. The molecule has 0 radical (unpaired) electrons. The molecule has 0 aliphatic carbocycles. The van der Waals surface area contributed by atoms with Crippen LogP contribution in [0.15, 0.2) is 83.8 Å². The van der Waals surface area contributed by atoms with Crippen LogP contribution in [0.3, 0.4) is 0 Å². The molecule has 0 fully saturated rings. The number of halogens is 2. The van der Waals surface area contributed by atoms with Crippen molar-refractivity contribution in [1.29, 1.82) is 0 Å². The van der Waals surface area contributed by atoms with E-state index in [4.69, 9.17) is 5.11 Å². The van der Waals surface area contributed by atoms with Gasteiger partial charge in [-0.3, -0.25) is 9.59 Å². The van der Waals surface area contributed by atoms with Gasteiger partial charge in [-0.05, 0) is 73.0 Å². The van der Waals surface area contributed by atoms with E-state index in [1.807, 2.05) is 13.8 Å². The molecule has 1 heterocycles. The van der Waals surface area contributed by atoms with E-state index in [2.05, 4.69) is 5.32 Å². The molecule has 0 unspecified atom stereocenters. The van der Waals surface area contributed by atoms with Crippen LogP contribution in [-0.2, 0) is 21.4 Å². The Bertz CT molecular complexity index is 1940. The fraction of sp³-hybridized carbons (Fsp3) is 0.278. The summed E-state index contributed by atoms with van der Waals surface area (Å²) in [7, 11) is -0.892. The average Bonchev–Trinajstić information content (AvgIpc) is 3.38. The Morgan fingerprint density at radius 2 is 1.49 bits per heavy atom. The summed E-state index contributed by atoms with van der Waals surface area (Å²) < 4.78 is 56.5. The van der Waals surface area contributed by atoms with Crippen molar-refractivity contribution in [1.82, 2.24) is 14.2 Å². The molecule has 4 N–H and O–H groups in total. The summed E-state index contributed by atoms with van der Waals surface area (Å²) in [4.78, 5) is 25.4. The van der Waals surface area contributed by atoms with E-state index in [1.165, 1.54) is 80.8 Å². The molecule has 2 atom stereocenters. The smallest absolute Gasteiger partial charge is 0.305 e. The SMILES string of the molecule is CC(C)n1c(C=C[C@@H](O)C[C@@H](O)CC(=O)O)c(-c2ccc(F)cc2)c(-c2ccc(F)cc2)c1C(=O)NCc1cccc(S(=O)(=O)N(C)C)c1. The molecule has 0 saturated carbocycles. The third-order valence-electron chi connectivity index (χ3n) is 7.77. The molecule has 4 aromatic rings. The first kappa shape index (κ1) is 37.1. The van der Waals surface area contributed by atoms with Gasteiger partial charge in [-0.15, -0.1) is 0 Å². The number of aliphatic hydroxyl groups is 2. The number of hydrogen-bond acceptors (Lipinski definition) is 6. The van der Waals surface area contributed by atoms with Crippen molar-refractivity contribution >= 4 is 28.0 Å². The number of carbonyl (C=O) groups excluding carboxylic acids is 1. The Balaban J connectivity index is 1.90. The van der Waals surface area contributed by atoms with Gasteiger partial charge in [0.25, 0.3) is 5.91 Å². The number of nitrogens with one attached hydrogen (secondary N) is 1. The predicted octanol–water partition coefficient (Wildman–Crippen LogP) is 5.46. The molecule has 3 aromatic carbocycles. The number of amides is 1. The number of sulfonamides is 1. The van der Waals surface area contributed by atoms with Gasteiger partial charge in [0.05, 0.1) is 23.5 Å². The lowest BCUT2D eigenvalue weighted by Gasteiger charge is -2.18. The standard InChI is InChI=1S/C36H39F2N3O7S/c1-22(2)41-31(17-16-28(42)19-29(43)20-32(44)45)33(24-8-12-26(37)13-9-24)34(25-10-14-27(38)15-11-25)35(41)36(46)39-21-23-6-5-7-30(18-23)49(47,48)40(3)4/h5-18,22,28-29,42-43H,19-21H2,1-4H3,(H,39,46)(H,44,45)/t28-,29-/m1/s1. The fourth-order valence-corrected chi connectivity index (χ4v) is 6.45. The van der Waals surface area contributed by atoms with Gasteiger partial charge in [0, 0.05) is 49.9 Å². The number of aliphatic hydroxyl groups excluding tert-OH is 2. The number of benzene rings is 3. The predicted molar refractivity (Wildman–Crippen MR) is 182 cm³/mol. The molecule has 0 spiro atoms. The number of carbonyl (C=O) groups is 2. The van der Waals surface area contributed by atoms with E-state index >= 15 is 0 Å². The maximum atomic E-state index is 14.3. The Morgan fingerprint density at radius 3 is 2.02 bits per heavy atom. The summed E-state index contributed by atoms with van der Waals surface area (Å²) in [5.74, 6) is -2.76. The minimum Gasteiger partial charge on any atom is -0.481 e. The zero-order chi connectivity index (χ0) is 36.0. The summed E-state index contributed by atoms with van der Waals surface area (Å²) in [6, 6.07) is 16.9. The third kappa shape index (κ3) is 8.86. The minimum absolute atomic E-state index is 0.0427. The molecule has 13 heteroatoms. The molecule has 49 heavy (non-hydrogen) atoms. The van der Waals surface area contributed by atoms with Gasteiger partial charge in [-0.1, -0.05) is 42.5 Å². The van der Waals surface area contributed by atoms with Gasteiger partial charge in [-0.25, -0.2) is 21.5 Å². The highest BCUT2D eigenvalue weighted by Gasteiger charge is 2.30. The van der Waals surface area contributed by atoms with Gasteiger partial charge >= 0.3 is 5.97 Å². The zero-order valence-corrected chi connectivity index (χ0v) is 28.3. The molecule has 0 saturated heterocycles. The van der Waals surface area contributed by atoms with Gasteiger partial charge in [-0.2, -0.15) is 0 Å². The molecular weight excluding hydrogens is 656 g/mol. The second-order valence-electron chi connectivity index (χ2n) is 12.0. The van der Waals surface area contributed by atoms with E-state index < -0.39 is 52.2 Å². The highest BCUT2D eigenvalue weighted by molar-refractivity contribution is 7.89. The largest absolute Gasteiger partial charge is 0.481 e. The van der Waals surface area contributed by atoms with E-state index in [0.717, 1.165) is 4.31 Å². The number of nitrogens with zero attached hydrogens (tertiary/aromatic N) is 2. The maximum absolute atomic E-state index is 14.3. The van der Waals surface area contributed by atoms with Crippen molar-refractivity contribution in [2.45, 2.75) is 56.4 Å². The van der Waals surface area contributed by atoms with E-state index in [1.54, 1.807) is 22.8 Å². The second kappa shape index (κ2) is 15.7. The molecule has 0 aliphatic rings. The van der Waals surface area contributed by atoms with Crippen molar-refractivity contribution < 1.29 is 42.1 Å². The zero-order valence-electron chi connectivity index (χ0n) is 27.5. The van der Waals surface area contributed by atoms with E-state index in [9.17, 15) is 37.0 Å². The van der Waals surface area contributed by atoms with Crippen molar-refractivity contribution in [3.05, 3.63) is 107 Å². The quantitative estimate of drug-likeness (QED) is 0.137. The van der Waals surface area contributed by atoms with Gasteiger partial charge < -0.3 is 25.2 Å². The van der Waals surface area contributed by atoms with Crippen LogP contribution < -0.4 is 5.32 Å². The van der Waals surface area contributed by atoms with Crippen LogP contribution in [-0.4, -0.2) is 70.8 Å². The van der Waals surface area contributed by atoms with Crippen molar-refractivity contribution in [3.63, 3.8) is 0 Å². The first-order valence-electron chi connectivity index (χ1n) is 15.5. The van der Waals surface area contributed by atoms with Crippen molar-refractivity contribution in [2.75, 3.05) is 14.1 Å². The number of aromatic nitrogens is 1. The van der Waals surface area contributed by atoms with Gasteiger partial charge in [0.15, 0.2) is 0 Å². The Hall–Kier alpha value is -4.69. The highest BCUT2D eigenvalue weighted by Crippen LogP contribution is 2.42. The number of hydrogen-bond donors (Lipinski definition) is 4. The Kier molecular flexibility index (Phi) is 11.9. The number of rotatable bonds is 14. The van der Waals surface area contributed by atoms with Crippen LogP contribution in [0.4, 0.5) is 8.78 Å². The molecule has 4 rings (SSSR count). The van der Waals surface area contributed by atoms with Crippen LogP contribution in [0.1, 0.15) is 54.5 Å². The van der Waals surface area contributed by atoms with Crippen LogP contribution >= 0.6 is 0 Å². The van der Waals surface area contributed by atoms with Crippen molar-refractivity contribution in [3.8, 4) is 22.3 Å². The molecule has 1 amide bonds. The number of carboxylic acid groups (broad SMARTS) is 1. The highest BCUT2D eigenvalue weighted by atomic mass is 32.2. The number of aliphatic carboxylic acids is 1. The number of carboxylic acids is 1. The molecular formula is C36H39F2N3O7S.